The molecule has 40 heavy (non-hydrogen) atoms. The third-order valence-corrected chi connectivity index (χ3v) is 6.99. The summed E-state index contributed by atoms with van der Waals surface area (Å²) in [4.78, 5) is 43.0. The summed E-state index contributed by atoms with van der Waals surface area (Å²) < 4.78 is 11.5. The number of benzene rings is 3. The SMILES string of the molecule is CCOC(CN1C(=O)C(NC(=O)Nc2ccc(C)cc2)(C(C(N)=O)c2ccc(C)cc2)c2ccccc21)OCC. The number of carbonyl (C=O) groups excluding carboxylic acids is 3. The van der Waals surface area contributed by atoms with Gasteiger partial charge < -0.3 is 30.7 Å². The van der Waals surface area contributed by atoms with Crippen molar-refractivity contribution in [2.24, 2.45) is 5.73 Å². The van der Waals surface area contributed by atoms with Gasteiger partial charge in [-0.1, -0.05) is 65.7 Å². The molecule has 1 aliphatic heterocycles. The van der Waals surface area contributed by atoms with E-state index in [0.717, 1.165) is 11.1 Å². The highest BCUT2D eigenvalue weighted by molar-refractivity contribution is 6.13. The monoisotopic (exact) mass is 544 g/mol. The van der Waals surface area contributed by atoms with Gasteiger partial charge >= 0.3 is 6.03 Å². The van der Waals surface area contributed by atoms with Crippen LogP contribution in [0.3, 0.4) is 0 Å². The zero-order valence-corrected chi connectivity index (χ0v) is 23.3. The van der Waals surface area contributed by atoms with Gasteiger partial charge in [0.25, 0.3) is 5.91 Å². The molecule has 0 spiro atoms. The Morgan fingerprint density at radius 1 is 0.900 bits per heavy atom. The summed E-state index contributed by atoms with van der Waals surface area (Å²) in [6.07, 6.45) is -0.712. The number of primary amides is 1. The number of aryl methyl sites for hydroxylation is 2. The van der Waals surface area contributed by atoms with Crippen LogP contribution in [0.1, 0.15) is 42.0 Å². The fraction of sp³-hybridized carbons (Fsp3) is 0.323. The van der Waals surface area contributed by atoms with Gasteiger partial charge in [-0.15, -0.1) is 0 Å². The zero-order chi connectivity index (χ0) is 28.9. The van der Waals surface area contributed by atoms with E-state index in [-0.39, 0.29) is 6.54 Å². The van der Waals surface area contributed by atoms with E-state index in [1.165, 1.54) is 4.90 Å². The van der Waals surface area contributed by atoms with Crippen molar-refractivity contribution in [2.45, 2.75) is 45.4 Å². The molecule has 0 saturated heterocycles. The second-order valence-corrected chi connectivity index (χ2v) is 9.77. The van der Waals surface area contributed by atoms with Crippen molar-refractivity contribution in [1.29, 1.82) is 0 Å². The molecule has 4 N–H and O–H groups in total. The van der Waals surface area contributed by atoms with Crippen LogP contribution in [0.5, 0.6) is 0 Å². The first kappa shape index (κ1) is 28.8. The van der Waals surface area contributed by atoms with E-state index in [9.17, 15) is 14.4 Å². The summed E-state index contributed by atoms with van der Waals surface area (Å²) >= 11 is 0. The summed E-state index contributed by atoms with van der Waals surface area (Å²) in [5.41, 5.74) is 8.24. The van der Waals surface area contributed by atoms with Crippen LogP contribution in [-0.4, -0.2) is 43.9 Å². The topological polar surface area (TPSA) is 123 Å². The van der Waals surface area contributed by atoms with Crippen LogP contribution in [0, 0.1) is 13.8 Å². The summed E-state index contributed by atoms with van der Waals surface area (Å²) in [5, 5.41) is 5.70. The fourth-order valence-corrected chi connectivity index (χ4v) is 5.17. The normalized spacial score (nSPS) is 17.0. The Morgan fingerprint density at radius 2 is 1.48 bits per heavy atom. The minimum Gasteiger partial charge on any atom is -0.369 e. The molecule has 9 heteroatoms. The average Bonchev–Trinajstić information content (AvgIpc) is 3.14. The molecule has 2 unspecified atom stereocenters. The lowest BCUT2D eigenvalue weighted by Gasteiger charge is -2.36. The van der Waals surface area contributed by atoms with Crippen molar-refractivity contribution in [3.8, 4) is 0 Å². The lowest BCUT2D eigenvalue weighted by molar-refractivity contribution is -0.139. The Hall–Kier alpha value is -4.21. The number of carbonyl (C=O) groups is 3. The predicted molar refractivity (Wildman–Crippen MR) is 154 cm³/mol. The van der Waals surface area contributed by atoms with Crippen LogP contribution in [0.15, 0.2) is 72.8 Å². The third-order valence-electron chi connectivity index (χ3n) is 6.99. The van der Waals surface area contributed by atoms with Gasteiger partial charge in [0.15, 0.2) is 11.8 Å². The van der Waals surface area contributed by atoms with Crippen molar-refractivity contribution < 1.29 is 23.9 Å². The lowest BCUT2D eigenvalue weighted by Crippen LogP contribution is -2.60. The van der Waals surface area contributed by atoms with Crippen LogP contribution in [0.25, 0.3) is 0 Å². The number of amides is 4. The van der Waals surface area contributed by atoms with Crippen LogP contribution >= 0.6 is 0 Å². The molecule has 0 aromatic heterocycles. The maximum absolute atomic E-state index is 14.6. The van der Waals surface area contributed by atoms with E-state index in [1.54, 1.807) is 48.5 Å². The smallest absolute Gasteiger partial charge is 0.320 e. The minimum atomic E-state index is -1.84. The highest BCUT2D eigenvalue weighted by atomic mass is 16.7. The van der Waals surface area contributed by atoms with Gasteiger partial charge in [0.1, 0.15) is 0 Å². The van der Waals surface area contributed by atoms with Gasteiger partial charge in [-0.25, -0.2) is 4.79 Å². The van der Waals surface area contributed by atoms with Gasteiger partial charge in [0.05, 0.1) is 18.2 Å². The number of nitrogens with zero attached hydrogens (tertiary/aromatic N) is 1. The van der Waals surface area contributed by atoms with Crippen molar-refractivity contribution in [3.05, 3.63) is 95.1 Å². The summed E-state index contributed by atoms with van der Waals surface area (Å²) in [7, 11) is 0. The first-order chi connectivity index (χ1) is 19.2. The molecule has 3 aromatic carbocycles. The Kier molecular flexibility index (Phi) is 8.86. The molecule has 0 radical (unpaired) electrons. The molecule has 0 fully saturated rings. The minimum absolute atomic E-state index is 0.0555. The van der Waals surface area contributed by atoms with Crippen LogP contribution in [-0.2, 0) is 24.6 Å². The molecule has 0 aliphatic carbocycles. The number of nitrogens with one attached hydrogen (secondary N) is 2. The van der Waals surface area contributed by atoms with Gasteiger partial charge in [0, 0.05) is 24.5 Å². The predicted octanol–water partition coefficient (Wildman–Crippen LogP) is 4.34. The van der Waals surface area contributed by atoms with E-state index in [4.69, 9.17) is 15.2 Å². The molecule has 2 atom stereocenters. The Bertz CT molecular complexity index is 1350. The standard InChI is InChI=1S/C31H36N4O5/c1-5-39-26(40-6-2)19-35-25-10-8-7-9-24(25)31(29(35)37,27(28(32)36)22-15-11-20(3)12-16-22)34-30(38)33-23-17-13-21(4)14-18-23/h7-18,26-27H,5-6,19H2,1-4H3,(H2,32,36)(H2,33,34,38). The molecular weight excluding hydrogens is 508 g/mol. The summed E-state index contributed by atoms with van der Waals surface area (Å²) in [5.74, 6) is -2.48. The number of nitrogens with two attached hydrogens (primary N) is 1. The number of anilines is 2. The van der Waals surface area contributed by atoms with E-state index < -0.39 is 35.6 Å². The molecule has 0 saturated carbocycles. The van der Waals surface area contributed by atoms with Crippen LogP contribution in [0.2, 0.25) is 0 Å². The molecule has 3 aromatic rings. The average molecular weight is 545 g/mol. The van der Waals surface area contributed by atoms with E-state index in [0.29, 0.717) is 35.7 Å². The zero-order valence-electron chi connectivity index (χ0n) is 23.3. The highest BCUT2D eigenvalue weighted by Gasteiger charge is 2.59. The largest absolute Gasteiger partial charge is 0.369 e. The second kappa shape index (κ2) is 12.3. The summed E-state index contributed by atoms with van der Waals surface area (Å²) in [6, 6.07) is 20.9. The highest BCUT2D eigenvalue weighted by Crippen LogP contribution is 2.48. The second-order valence-electron chi connectivity index (χ2n) is 9.77. The molecule has 0 bridgehead atoms. The quantitative estimate of drug-likeness (QED) is 0.310. The number of fused-ring (bicyclic) bond motifs is 1. The Balaban J connectivity index is 1.86. The van der Waals surface area contributed by atoms with E-state index >= 15 is 0 Å². The Labute approximate surface area is 234 Å². The number of hydrogen-bond acceptors (Lipinski definition) is 5. The maximum atomic E-state index is 14.6. The number of rotatable bonds is 11. The summed E-state index contributed by atoms with van der Waals surface area (Å²) in [6.45, 7) is 8.36. The van der Waals surface area contributed by atoms with Crippen molar-refractivity contribution in [2.75, 3.05) is 30.0 Å². The molecule has 9 nitrogen and oxygen atoms in total. The maximum Gasteiger partial charge on any atom is 0.320 e. The number of hydrogen-bond donors (Lipinski definition) is 3. The van der Waals surface area contributed by atoms with Crippen LogP contribution in [0.4, 0.5) is 16.2 Å². The molecule has 1 aliphatic rings. The van der Waals surface area contributed by atoms with Gasteiger partial charge in [0.2, 0.25) is 5.91 Å². The lowest BCUT2D eigenvalue weighted by atomic mass is 9.74. The van der Waals surface area contributed by atoms with E-state index in [2.05, 4.69) is 10.6 Å². The molecule has 4 amide bonds. The van der Waals surface area contributed by atoms with Gasteiger partial charge in [-0.3, -0.25) is 9.59 Å². The fourth-order valence-electron chi connectivity index (χ4n) is 5.17. The third kappa shape index (κ3) is 5.71. The molecule has 4 rings (SSSR count). The molecule has 1 heterocycles. The van der Waals surface area contributed by atoms with Gasteiger partial charge in [-0.2, -0.15) is 0 Å². The number of para-hydroxylation sites is 1. The van der Waals surface area contributed by atoms with Crippen molar-refractivity contribution in [1.82, 2.24) is 5.32 Å². The number of urea groups is 1. The van der Waals surface area contributed by atoms with Crippen LogP contribution < -0.4 is 21.3 Å². The van der Waals surface area contributed by atoms with Gasteiger partial charge in [-0.05, 0) is 51.5 Å². The first-order valence-electron chi connectivity index (χ1n) is 13.4. The first-order valence-corrected chi connectivity index (χ1v) is 13.4. The number of ether oxygens (including phenoxy) is 2. The van der Waals surface area contributed by atoms with Crippen molar-refractivity contribution in [3.63, 3.8) is 0 Å². The molecule has 210 valence electrons. The molecular formula is C31H36N4O5. The van der Waals surface area contributed by atoms with Crippen molar-refractivity contribution >= 4 is 29.2 Å². The van der Waals surface area contributed by atoms with E-state index in [1.807, 2.05) is 52.0 Å². The Morgan fingerprint density at radius 3 is 2.05 bits per heavy atom.